The quantitative estimate of drug-likeness (QED) is 0.430. The molecule has 1 rings (SSSR count). The zero-order valence-electron chi connectivity index (χ0n) is 9.16. The molecule has 4 nitrogen and oxygen atoms in total. The molecule has 1 saturated carbocycles. The Morgan fingerprint density at radius 2 is 2.00 bits per heavy atom. The number of nitrogens with zero attached hydrogens (tertiary/aromatic N) is 1. The highest BCUT2D eigenvalue weighted by Gasteiger charge is 2.23. The van der Waals surface area contributed by atoms with Gasteiger partial charge in [0.05, 0.1) is 6.57 Å². The molecule has 0 saturated heterocycles. The fourth-order valence-electron chi connectivity index (χ4n) is 1.75. The Labute approximate surface area is 94.0 Å². The largest absolute Gasteiger partial charge is 0.523 e. The Bertz CT molecular complexity index is 334. The highest BCUT2D eigenvalue weighted by atomic mass is 19.1. The van der Waals surface area contributed by atoms with Crippen LogP contribution in [0, 0.1) is 6.57 Å². The molecule has 88 valence electrons. The van der Waals surface area contributed by atoms with Crippen molar-refractivity contribution < 1.29 is 14.3 Å². The van der Waals surface area contributed by atoms with E-state index < -0.39 is 12.1 Å². The predicted octanol–water partition coefficient (Wildman–Crippen LogP) is 2.09. The summed E-state index contributed by atoms with van der Waals surface area (Å²) in [6, 6.07) is -0.0874. The van der Waals surface area contributed by atoms with Crippen molar-refractivity contribution in [2.24, 2.45) is 0 Å². The number of allylic oxidation sites excluding steroid dienone is 1. The Morgan fingerprint density at radius 1 is 1.44 bits per heavy atom. The summed E-state index contributed by atoms with van der Waals surface area (Å²) in [6.45, 7) is 8.05. The van der Waals surface area contributed by atoms with Gasteiger partial charge in [0.1, 0.15) is 11.9 Å². The van der Waals surface area contributed by atoms with E-state index in [1.807, 2.05) is 0 Å². The van der Waals surface area contributed by atoms with Crippen molar-refractivity contribution in [3.63, 3.8) is 0 Å². The van der Waals surface area contributed by atoms with Crippen LogP contribution < -0.4 is 5.32 Å². The normalized spacial score (nSPS) is 26.6. The molecule has 0 atom stereocenters. The molecular weight excluding hydrogens is 211 g/mol. The van der Waals surface area contributed by atoms with Gasteiger partial charge >= 0.3 is 0 Å². The minimum Gasteiger partial charge on any atom is -0.523 e. The molecule has 0 radical (unpaired) electrons. The van der Waals surface area contributed by atoms with Gasteiger partial charge in [-0.1, -0.05) is 0 Å². The van der Waals surface area contributed by atoms with Crippen molar-refractivity contribution in [1.82, 2.24) is 5.32 Å². The third-order valence-corrected chi connectivity index (χ3v) is 2.66. The molecule has 2 N–H and O–H groups in total. The molecule has 1 amide bonds. The smallest absolute Gasteiger partial charge is 0.286 e. The first-order valence-electron chi connectivity index (χ1n) is 5.26. The van der Waals surface area contributed by atoms with Gasteiger partial charge in [-0.25, -0.2) is 9.24 Å². The molecule has 1 aliphatic carbocycles. The van der Waals surface area contributed by atoms with Crippen LogP contribution in [0.5, 0.6) is 0 Å². The Balaban J connectivity index is 2.53. The first-order chi connectivity index (χ1) is 7.54. The molecule has 0 aromatic heterocycles. The number of halogens is 1. The molecule has 0 spiro atoms. The molecule has 0 heterocycles. The minimum atomic E-state index is -0.774. The second kappa shape index (κ2) is 5.50. The van der Waals surface area contributed by atoms with E-state index in [1.165, 1.54) is 6.92 Å². The molecular formula is C11H15FN2O2. The average Bonchev–Trinajstić information content (AvgIpc) is 2.22. The van der Waals surface area contributed by atoms with Crippen molar-refractivity contribution in [2.45, 2.75) is 44.8 Å². The van der Waals surface area contributed by atoms with E-state index in [0.717, 1.165) is 0 Å². The van der Waals surface area contributed by atoms with Crippen molar-refractivity contribution >= 4 is 5.91 Å². The van der Waals surface area contributed by atoms with Crippen LogP contribution in [0.1, 0.15) is 32.6 Å². The molecule has 0 aromatic rings. The molecule has 0 aliphatic heterocycles. The standard InChI is InChI=1S/C11H15FN2O2/c1-7(15)10(13-2)11(16)14-9-5-3-8(12)4-6-9/h8-9,15H,3-6H2,1H3,(H,14,16)/b10-7-. The fraction of sp³-hybridized carbons (Fsp3) is 0.636. The summed E-state index contributed by atoms with van der Waals surface area (Å²) in [5.41, 5.74) is -0.289. The number of rotatable bonds is 2. The monoisotopic (exact) mass is 226 g/mol. The second-order valence-corrected chi connectivity index (χ2v) is 3.97. The number of carbonyl (C=O) groups excluding carboxylic acids is 1. The van der Waals surface area contributed by atoms with Crippen molar-refractivity contribution in [2.75, 3.05) is 0 Å². The number of amides is 1. The summed E-state index contributed by atoms with van der Waals surface area (Å²) in [7, 11) is 0. The third kappa shape index (κ3) is 3.23. The Hall–Kier alpha value is -1.57. The zero-order chi connectivity index (χ0) is 12.1. The van der Waals surface area contributed by atoms with Gasteiger partial charge in [-0.2, -0.15) is 0 Å². The molecule has 0 aromatic carbocycles. The lowest BCUT2D eigenvalue weighted by atomic mass is 9.94. The fourth-order valence-corrected chi connectivity index (χ4v) is 1.75. The van der Waals surface area contributed by atoms with Crippen molar-refractivity contribution in [3.05, 3.63) is 22.9 Å². The molecule has 0 unspecified atom stereocenters. The molecule has 16 heavy (non-hydrogen) atoms. The highest BCUT2D eigenvalue weighted by Crippen LogP contribution is 2.21. The lowest BCUT2D eigenvalue weighted by Crippen LogP contribution is -2.38. The zero-order valence-corrected chi connectivity index (χ0v) is 9.16. The molecule has 1 fully saturated rings. The van der Waals surface area contributed by atoms with Gasteiger partial charge in [-0.3, -0.25) is 4.79 Å². The maximum absolute atomic E-state index is 12.8. The van der Waals surface area contributed by atoms with Gasteiger partial charge in [0, 0.05) is 6.04 Å². The van der Waals surface area contributed by atoms with E-state index in [-0.39, 0.29) is 17.5 Å². The van der Waals surface area contributed by atoms with Crippen LogP contribution >= 0.6 is 0 Å². The van der Waals surface area contributed by atoms with Crippen LogP contribution in [-0.2, 0) is 4.79 Å². The number of alkyl halides is 1. The number of nitrogens with one attached hydrogen (secondary N) is 1. The van der Waals surface area contributed by atoms with Crippen molar-refractivity contribution in [1.29, 1.82) is 0 Å². The van der Waals surface area contributed by atoms with Crippen LogP contribution in [-0.4, -0.2) is 23.2 Å². The molecule has 5 heteroatoms. The molecule has 1 aliphatic rings. The van der Waals surface area contributed by atoms with E-state index in [9.17, 15) is 9.18 Å². The summed E-state index contributed by atoms with van der Waals surface area (Å²) in [4.78, 5) is 14.5. The number of hydrogen-bond donors (Lipinski definition) is 2. The Kier molecular flexibility index (Phi) is 4.29. The topological polar surface area (TPSA) is 53.7 Å². The van der Waals surface area contributed by atoms with E-state index in [4.69, 9.17) is 11.7 Å². The summed E-state index contributed by atoms with van der Waals surface area (Å²) in [5.74, 6) is -0.857. The van der Waals surface area contributed by atoms with Crippen molar-refractivity contribution in [3.8, 4) is 0 Å². The van der Waals surface area contributed by atoms with Gasteiger partial charge in [0.25, 0.3) is 11.6 Å². The number of hydrogen-bond acceptors (Lipinski definition) is 2. The van der Waals surface area contributed by atoms with Gasteiger partial charge in [0.15, 0.2) is 0 Å². The van der Waals surface area contributed by atoms with Gasteiger partial charge in [-0.15, -0.1) is 0 Å². The lowest BCUT2D eigenvalue weighted by Gasteiger charge is -2.25. The lowest BCUT2D eigenvalue weighted by molar-refractivity contribution is -0.118. The predicted molar refractivity (Wildman–Crippen MR) is 57.2 cm³/mol. The highest BCUT2D eigenvalue weighted by molar-refractivity contribution is 5.95. The van der Waals surface area contributed by atoms with Crippen LogP contribution in [0.25, 0.3) is 4.85 Å². The van der Waals surface area contributed by atoms with Gasteiger partial charge < -0.3 is 10.4 Å². The first-order valence-corrected chi connectivity index (χ1v) is 5.26. The summed E-state index contributed by atoms with van der Waals surface area (Å²) in [6.07, 6.45) is 1.29. The van der Waals surface area contributed by atoms with Gasteiger partial charge in [0.2, 0.25) is 0 Å². The second-order valence-electron chi connectivity index (χ2n) is 3.97. The summed E-state index contributed by atoms with van der Waals surface area (Å²) >= 11 is 0. The van der Waals surface area contributed by atoms with Crippen LogP contribution in [0.2, 0.25) is 0 Å². The Morgan fingerprint density at radius 3 is 2.44 bits per heavy atom. The number of aliphatic hydroxyl groups excluding tert-OH is 1. The number of carbonyl (C=O) groups is 1. The molecule has 0 bridgehead atoms. The van der Waals surface area contributed by atoms with Gasteiger partial charge in [-0.05, 0) is 32.6 Å². The average molecular weight is 226 g/mol. The third-order valence-electron chi connectivity index (χ3n) is 2.66. The van der Waals surface area contributed by atoms with E-state index >= 15 is 0 Å². The SMILES string of the molecule is [C-]#[N+]/C(C(=O)NC1CCC(F)CC1)=C(/C)O. The van der Waals surface area contributed by atoms with Crippen LogP contribution in [0.3, 0.4) is 0 Å². The van der Waals surface area contributed by atoms with Crippen LogP contribution in [0.15, 0.2) is 11.5 Å². The maximum atomic E-state index is 12.8. The summed E-state index contributed by atoms with van der Waals surface area (Å²) < 4.78 is 12.8. The minimum absolute atomic E-state index is 0.0874. The van der Waals surface area contributed by atoms with E-state index in [0.29, 0.717) is 25.7 Å². The van der Waals surface area contributed by atoms with E-state index in [2.05, 4.69) is 10.2 Å². The summed E-state index contributed by atoms with van der Waals surface area (Å²) in [5, 5.41) is 11.7. The maximum Gasteiger partial charge on any atom is 0.286 e. The first kappa shape index (κ1) is 12.5. The number of aliphatic hydroxyl groups is 1. The van der Waals surface area contributed by atoms with Crippen LogP contribution in [0.4, 0.5) is 4.39 Å². The van der Waals surface area contributed by atoms with E-state index in [1.54, 1.807) is 0 Å².